The molecule has 0 aliphatic rings. The van der Waals surface area contributed by atoms with Crippen LogP contribution in [0.3, 0.4) is 0 Å². The summed E-state index contributed by atoms with van der Waals surface area (Å²) in [4.78, 5) is 13.6. The minimum Gasteiger partial charge on any atom is -0.354 e. The average Bonchev–Trinajstić information content (AvgIpc) is 2.72. The summed E-state index contributed by atoms with van der Waals surface area (Å²) in [6, 6.07) is 0. The minimum absolute atomic E-state index is 0.0581. The van der Waals surface area contributed by atoms with Crippen molar-refractivity contribution in [3.63, 3.8) is 0 Å². The summed E-state index contributed by atoms with van der Waals surface area (Å²) < 4.78 is 1.49. The van der Waals surface area contributed by atoms with Crippen molar-refractivity contribution >= 4 is 5.91 Å². The topological polar surface area (TPSA) is 89.1 Å². The van der Waals surface area contributed by atoms with Crippen molar-refractivity contribution in [2.24, 2.45) is 5.73 Å². The van der Waals surface area contributed by atoms with Crippen LogP contribution < -0.4 is 11.1 Å². The van der Waals surface area contributed by atoms with Crippen LogP contribution >= 0.6 is 0 Å². The molecule has 0 radical (unpaired) electrons. The zero-order valence-electron chi connectivity index (χ0n) is 10.4. The molecule has 0 atom stereocenters. The molecule has 3 N–H and O–H groups in total. The molecular weight excluding hydrogens is 220 g/mol. The fourth-order valence-corrected chi connectivity index (χ4v) is 1.34. The average molecular weight is 240 g/mol. The van der Waals surface area contributed by atoms with Gasteiger partial charge in [0.15, 0.2) is 0 Å². The Morgan fingerprint density at radius 2 is 2.35 bits per heavy atom. The summed E-state index contributed by atoms with van der Waals surface area (Å²) in [6.07, 6.45) is 2.61. The van der Waals surface area contributed by atoms with Gasteiger partial charge >= 0.3 is 0 Å². The van der Waals surface area contributed by atoms with E-state index in [9.17, 15) is 4.79 Å². The lowest BCUT2D eigenvalue weighted by Crippen LogP contribution is -2.30. The van der Waals surface area contributed by atoms with E-state index in [1.807, 2.05) is 14.1 Å². The molecule has 7 heteroatoms. The molecule has 0 bridgehead atoms. The maximum atomic E-state index is 11.5. The quantitative estimate of drug-likeness (QED) is 0.585. The molecule has 0 fully saturated rings. The van der Waals surface area contributed by atoms with Crippen molar-refractivity contribution < 1.29 is 4.79 Å². The molecule has 1 rings (SSSR count). The van der Waals surface area contributed by atoms with E-state index in [0.29, 0.717) is 18.8 Å². The SMILES string of the molecule is CN(C)CCCNC(=O)Cn1cc(CN)nn1. The van der Waals surface area contributed by atoms with Crippen LogP contribution in [-0.4, -0.2) is 53.0 Å². The molecule has 0 saturated carbocycles. The Hall–Kier alpha value is -1.47. The highest BCUT2D eigenvalue weighted by molar-refractivity contribution is 5.75. The highest BCUT2D eigenvalue weighted by atomic mass is 16.2. The molecule has 7 nitrogen and oxygen atoms in total. The van der Waals surface area contributed by atoms with Gasteiger partial charge in [-0.15, -0.1) is 5.10 Å². The first-order chi connectivity index (χ1) is 8.11. The van der Waals surface area contributed by atoms with Crippen LogP contribution in [0.15, 0.2) is 6.20 Å². The normalized spacial score (nSPS) is 10.8. The van der Waals surface area contributed by atoms with E-state index < -0.39 is 0 Å². The molecule has 0 aliphatic heterocycles. The van der Waals surface area contributed by atoms with Gasteiger partial charge in [0.2, 0.25) is 5.91 Å². The molecule has 0 aromatic carbocycles. The predicted octanol–water partition coefficient (Wildman–Crippen LogP) is -1.20. The monoisotopic (exact) mass is 240 g/mol. The van der Waals surface area contributed by atoms with Crippen molar-refractivity contribution in [2.45, 2.75) is 19.5 Å². The molecule has 0 aliphatic carbocycles. The van der Waals surface area contributed by atoms with Crippen molar-refractivity contribution in [3.05, 3.63) is 11.9 Å². The molecule has 1 aromatic heterocycles. The van der Waals surface area contributed by atoms with Gasteiger partial charge in [-0.1, -0.05) is 5.21 Å². The minimum atomic E-state index is -0.0581. The summed E-state index contributed by atoms with van der Waals surface area (Å²) in [5.74, 6) is -0.0581. The van der Waals surface area contributed by atoms with Crippen LogP contribution in [0.4, 0.5) is 0 Å². The van der Waals surface area contributed by atoms with Crippen LogP contribution in [0.5, 0.6) is 0 Å². The van der Waals surface area contributed by atoms with Crippen LogP contribution in [0, 0.1) is 0 Å². The Labute approximate surface area is 101 Å². The Bertz CT molecular complexity index is 348. The van der Waals surface area contributed by atoms with Crippen molar-refractivity contribution in [3.8, 4) is 0 Å². The number of nitrogens with two attached hydrogens (primary N) is 1. The number of rotatable bonds is 7. The molecule has 17 heavy (non-hydrogen) atoms. The van der Waals surface area contributed by atoms with E-state index >= 15 is 0 Å². The van der Waals surface area contributed by atoms with Gasteiger partial charge in [-0.25, -0.2) is 4.68 Å². The third-order valence-corrected chi connectivity index (χ3v) is 2.21. The second-order valence-corrected chi connectivity index (χ2v) is 4.12. The van der Waals surface area contributed by atoms with Gasteiger partial charge in [-0.05, 0) is 27.1 Å². The van der Waals surface area contributed by atoms with E-state index in [0.717, 1.165) is 13.0 Å². The number of nitrogens with one attached hydrogen (secondary N) is 1. The summed E-state index contributed by atoms with van der Waals surface area (Å²) in [7, 11) is 4.01. The molecular formula is C10H20N6O. The third-order valence-electron chi connectivity index (χ3n) is 2.21. The first-order valence-electron chi connectivity index (χ1n) is 5.62. The number of carbonyl (C=O) groups excluding carboxylic acids is 1. The summed E-state index contributed by atoms with van der Waals surface area (Å²) in [6.45, 7) is 2.16. The van der Waals surface area contributed by atoms with Gasteiger partial charge in [0, 0.05) is 13.1 Å². The Morgan fingerprint density at radius 3 is 2.94 bits per heavy atom. The van der Waals surface area contributed by atoms with Gasteiger partial charge in [0.05, 0.1) is 11.9 Å². The second kappa shape index (κ2) is 6.97. The lowest BCUT2D eigenvalue weighted by atomic mass is 10.4. The highest BCUT2D eigenvalue weighted by Crippen LogP contribution is 1.90. The largest absolute Gasteiger partial charge is 0.354 e. The molecule has 0 saturated heterocycles. The third kappa shape index (κ3) is 5.41. The maximum Gasteiger partial charge on any atom is 0.241 e. The molecule has 96 valence electrons. The maximum absolute atomic E-state index is 11.5. The van der Waals surface area contributed by atoms with Crippen LogP contribution in [0.2, 0.25) is 0 Å². The first kappa shape index (κ1) is 13.6. The van der Waals surface area contributed by atoms with E-state index in [1.54, 1.807) is 6.20 Å². The lowest BCUT2D eigenvalue weighted by molar-refractivity contribution is -0.121. The lowest BCUT2D eigenvalue weighted by Gasteiger charge is -2.09. The number of aromatic nitrogens is 3. The van der Waals surface area contributed by atoms with E-state index in [1.165, 1.54) is 4.68 Å². The van der Waals surface area contributed by atoms with Gasteiger partial charge in [-0.3, -0.25) is 4.79 Å². The number of hydrogen-bond acceptors (Lipinski definition) is 5. The van der Waals surface area contributed by atoms with Crippen LogP contribution in [-0.2, 0) is 17.9 Å². The van der Waals surface area contributed by atoms with Gasteiger partial charge in [0.1, 0.15) is 6.54 Å². The van der Waals surface area contributed by atoms with Crippen molar-refractivity contribution in [2.75, 3.05) is 27.2 Å². The van der Waals surface area contributed by atoms with Gasteiger partial charge < -0.3 is 16.0 Å². The van der Waals surface area contributed by atoms with Crippen molar-refractivity contribution in [1.82, 2.24) is 25.2 Å². The fourth-order valence-electron chi connectivity index (χ4n) is 1.34. The zero-order valence-corrected chi connectivity index (χ0v) is 10.4. The highest BCUT2D eigenvalue weighted by Gasteiger charge is 2.04. The zero-order chi connectivity index (χ0) is 12.7. The standard InChI is InChI=1S/C10H20N6O/c1-15(2)5-3-4-12-10(17)8-16-7-9(6-11)13-14-16/h7H,3-6,8,11H2,1-2H3,(H,12,17). The summed E-state index contributed by atoms with van der Waals surface area (Å²) in [5.41, 5.74) is 6.09. The number of amides is 1. The smallest absolute Gasteiger partial charge is 0.241 e. The van der Waals surface area contributed by atoms with Gasteiger partial charge in [-0.2, -0.15) is 0 Å². The summed E-state index contributed by atoms with van der Waals surface area (Å²) >= 11 is 0. The fraction of sp³-hybridized carbons (Fsp3) is 0.700. The van der Waals surface area contributed by atoms with Crippen molar-refractivity contribution in [1.29, 1.82) is 0 Å². The molecule has 1 heterocycles. The van der Waals surface area contributed by atoms with E-state index in [4.69, 9.17) is 5.73 Å². The predicted molar refractivity (Wildman–Crippen MR) is 64.1 cm³/mol. The Balaban J connectivity index is 2.20. The molecule has 1 amide bonds. The number of nitrogens with zero attached hydrogens (tertiary/aromatic N) is 4. The molecule has 0 unspecified atom stereocenters. The second-order valence-electron chi connectivity index (χ2n) is 4.12. The number of hydrogen-bond donors (Lipinski definition) is 2. The first-order valence-corrected chi connectivity index (χ1v) is 5.62. The molecule has 0 spiro atoms. The number of carbonyl (C=O) groups is 1. The Kier molecular flexibility index (Phi) is 5.58. The summed E-state index contributed by atoms with van der Waals surface area (Å²) in [5, 5.41) is 10.4. The van der Waals surface area contributed by atoms with Gasteiger partial charge in [0.25, 0.3) is 0 Å². The van der Waals surface area contributed by atoms with E-state index in [2.05, 4.69) is 20.5 Å². The van der Waals surface area contributed by atoms with Crippen LogP contribution in [0.1, 0.15) is 12.1 Å². The Morgan fingerprint density at radius 1 is 1.59 bits per heavy atom. The van der Waals surface area contributed by atoms with E-state index in [-0.39, 0.29) is 12.5 Å². The molecule has 1 aromatic rings. The van der Waals surface area contributed by atoms with Crippen LogP contribution in [0.25, 0.3) is 0 Å².